The molecule has 714 valence electrons. The van der Waals surface area contributed by atoms with Crippen molar-refractivity contribution >= 4 is 35.4 Å². The van der Waals surface area contributed by atoms with Gasteiger partial charge in [0.1, 0.15) is 0 Å². The highest BCUT2D eigenvalue weighted by Crippen LogP contribution is 2.86. The molecule has 21 heteroatoms. The number of fused-ring (bicyclic) bond motifs is 16. The lowest BCUT2D eigenvalue weighted by Crippen LogP contribution is -2.54. The molecule has 0 radical (unpaired) electrons. The molecule has 20 rings (SSSR count). The number of hydrogen-bond donors (Lipinski definition) is 9. The van der Waals surface area contributed by atoms with Crippen LogP contribution in [0.2, 0.25) is 0 Å². The molecule has 20 aliphatic rings. The van der Waals surface area contributed by atoms with Crippen LogP contribution in [0.25, 0.3) is 0 Å². The molecule has 0 aromatic heterocycles. The molecular weight excluding hydrogens is 1600 g/mol. The standard InChI is InChI=1S/2C36H57N3O4.C35H55N3O4/c2*1-6-30(41)38-18-31(42)37-13-14-39-19-22(2)15-29-32(39)23(3)36(43-29)12-10-27-26-8-7-24-16-25(40)9-11-34(24,5)28(26)17-35(27)20-33(35,4)21-36;1-6-31(40)37-19-32(41)36-13-14-38-20-21(2)15-30-33(38)23(4)35(42-30)12-10-26-27-8-7-24-16-25(39)9-11-34(24,5)29(27)17-28(26)22(3)18-35/h16,22-23,25-29,32,40H,6-15,17-21H2,1-5H3,(H,37,42)(H,38,41);7,22-23,25-29,32,40H,6,8-21H2,1-5H3,(H,37,42)(H,38,41);16,21,23,25-27,29-30,33,39H,6-15,17-20H2,1-5H3,(H,36,41)(H,37,40)/t2*22-,23+,25-,26-,27-,28-,29+,32-,33?,34-,35?,36-;21-,23+,25-,26-,27-,29-,30+,33-,34-,35-/m000/s1. The van der Waals surface area contributed by atoms with Crippen molar-refractivity contribution in [2.24, 2.45) is 127 Å². The van der Waals surface area contributed by atoms with Crippen molar-refractivity contribution in [2.75, 3.05) is 78.5 Å². The van der Waals surface area contributed by atoms with Gasteiger partial charge < -0.3 is 61.4 Å². The number of nitrogens with zero attached hydrogens (tertiary/aromatic N) is 3. The number of nitrogens with one attached hydrogen (secondary N) is 6. The van der Waals surface area contributed by atoms with Gasteiger partial charge in [-0.1, -0.05) is 143 Å². The van der Waals surface area contributed by atoms with E-state index in [1.54, 1.807) is 48.6 Å². The van der Waals surface area contributed by atoms with Gasteiger partial charge in [0, 0.05) is 114 Å². The van der Waals surface area contributed by atoms with Crippen LogP contribution in [0, 0.1) is 127 Å². The van der Waals surface area contributed by atoms with Gasteiger partial charge in [-0.05, 0) is 302 Å². The fourth-order valence-corrected chi connectivity index (χ4v) is 35.4. The Morgan fingerprint density at radius 1 is 0.430 bits per heavy atom. The Kier molecular flexibility index (Phi) is 26.0. The van der Waals surface area contributed by atoms with E-state index in [4.69, 9.17) is 14.2 Å². The molecule has 6 aliphatic heterocycles. The van der Waals surface area contributed by atoms with Crippen molar-refractivity contribution in [3.63, 3.8) is 0 Å². The Balaban J connectivity index is 0.000000130. The molecule has 6 heterocycles. The number of aliphatic hydroxyl groups is 3. The molecule has 0 aromatic rings. The van der Waals surface area contributed by atoms with Gasteiger partial charge >= 0.3 is 0 Å². The molecule has 128 heavy (non-hydrogen) atoms. The number of amides is 6. The van der Waals surface area contributed by atoms with Crippen molar-refractivity contribution in [1.82, 2.24) is 46.6 Å². The van der Waals surface area contributed by atoms with E-state index in [0.717, 1.165) is 170 Å². The molecule has 9 N–H and O–H groups in total. The highest BCUT2D eigenvalue weighted by molar-refractivity contribution is 5.85. The Hall–Kier alpha value is -4.58. The monoisotopic (exact) mass is 1770 g/mol. The van der Waals surface area contributed by atoms with Crippen molar-refractivity contribution < 1.29 is 58.3 Å². The molecule has 5 spiro atoms. The highest BCUT2D eigenvalue weighted by Gasteiger charge is 2.80. The first-order valence-corrected chi connectivity index (χ1v) is 52.6. The van der Waals surface area contributed by atoms with Crippen LogP contribution in [0.4, 0.5) is 0 Å². The first kappa shape index (κ1) is 93.8. The summed E-state index contributed by atoms with van der Waals surface area (Å²) in [6.07, 6.45) is 42.7. The zero-order valence-electron chi connectivity index (χ0n) is 81.6. The second kappa shape index (κ2) is 35.5. The summed E-state index contributed by atoms with van der Waals surface area (Å²) in [5.74, 6) is 9.50. The molecule has 0 aromatic carbocycles. The predicted molar refractivity (Wildman–Crippen MR) is 498 cm³/mol. The van der Waals surface area contributed by atoms with Gasteiger partial charge in [-0.25, -0.2) is 0 Å². The quantitative estimate of drug-likeness (QED) is 0.0577. The molecule has 4 unspecified atom stereocenters. The number of piperidine rings is 3. The fourth-order valence-electron chi connectivity index (χ4n) is 35.4. The third kappa shape index (κ3) is 16.4. The van der Waals surface area contributed by atoms with Crippen LogP contribution in [-0.4, -0.2) is 216 Å². The number of carbonyl (C=O) groups is 6. The highest BCUT2D eigenvalue weighted by atomic mass is 16.5. The molecule has 34 atom stereocenters. The van der Waals surface area contributed by atoms with Gasteiger partial charge in [0.05, 0.1) is 73.1 Å². The third-order valence-corrected chi connectivity index (χ3v) is 41.8. The van der Waals surface area contributed by atoms with E-state index >= 15 is 0 Å². The average molecular weight is 1770 g/mol. The summed E-state index contributed by atoms with van der Waals surface area (Å²) < 4.78 is 21.9. The van der Waals surface area contributed by atoms with Crippen molar-refractivity contribution in [3.8, 4) is 0 Å². The maximum atomic E-state index is 12.3. The van der Waals surface area contributed by atoms with Crippen LogP contribution >= 0.6 is 0 Å². The maximum absolute atomic E-state index is 12.3. The van der Waals surface area contributed by atoms with Gasteiger partial charge in [-0.3, -0.25) is 43.5 Å². The van der Waals surface area contributed by atoms with Gasteiger partial charge in [0.2, 0.25) is 35.4 Å². The Labute approximate surface area is 768 Å². The zero-order chi connectivity index (χ0) is 90.5. The number of likely N-dealkylation sites (tertiary alicyclic amines) is 3. The fraction of sp³-hybridized carbons (Fsp3) is 0.869. The zero-order valence-corrected chi connectivity index (χ0v) is 81.6. The second-order valence-corrected chi connectivity index (χ2v) is 48.7. The van der Waals surface area contributed by atoms with E-state index < -0.39 is 0 Å². The molecule has 6 saturated heterocycles. The van der Waals surface area contributed by atoms with Crippen molar-refractivity contribution in [1.29, 1.82) is 0 Å². The Morgan fingerprint density at radius 2 is 0.828 bits per heavy atom. The van der Waals surface area contributed by atoms with Crippen LogP contribution in [-0.2, 0) is 43.0 Å². The Bertz CT molecular complexity index is 4320. The summed E-state index contributed by atoms with van der Waals surface area (Å²) in [4.78, 5) is 79.4. The van der Waals surface area contributed by atoms with E-state index in [9.17, 15) is 44.1 Å². The number of hydrogen-bond acceptors (Lipinski definition) is 15. The van der Waals surface area contributed by atoms with E-state index in [-0.39, 0.29) is 114 Å². The van der Waals surface area contributed by atoms with Gasteiger partial charge in [0.15, 0.2) is 0 Å². The smallest absolute Gasteiger partial charge is 0.239 e. The van der Waals surface area contributed by atoms with E-state index in [1.807, 2.05) is 0 Å². The summed E-state index contributed by atoms with van der Waals surface area (Å²) >= 11 is 0. The van der Waals surface area contributed by atoms with Crippen LogP contribution in [0.5, 0.6) is 0 Å². The average Bonchev–Trinajstić information content (AvgIpc) is 1.49. The summed E-state index contributed by atoms with van der Waals surface area (Å²) in [6.45, 7) is 42.7. The lowest BCUT2D eigenvalue weighted by Gasteiger charge is -2.49. The van der Waals surface area contributed by atoms with E-state index in [1.165, 1.54) is 103 Å². The largest absolute Gasteiger partial charge is 0.393 e. The molecule has 0 bridgehead atoms. The summed E-state index contributed by atoms with van der Waals surface area (Å²) in [6, 6.07) is 1.20. The summed E-state index contributed by atoms with van der Waals surface area (Å²) in [7, 11) is 0. The first-order chi connectivity index (χ1) is 60.9. The normalized spacial score (nSPS) is 47.7. The number of rotatable bonds is 18. The number of aliphatic hydroxyl groups excluding tert-OH is 3. The first-order valence-electron chi connectivity index (χ1n) is 52.6. The third-order valence-electron chi connectivity index (χ3n) is 41.8. The number of ether oxygens (including phenoxy) is 3. The van der Waals surface area contributed by atoms with Gasteiger partial charge in [-0.15, -0.1) is 0 Å². The minimum atomic E-state index is -0.242. The second-order valence-electron chi connectivity index (χ2n) is 48.7. The van der Waals surface area contributed by atoms with Crippen LogP contribution in [0.15, 0.2) is 46.1 Å². The van der Waals surface area contributed by atoms with Gasteiger partial charge in [-0.2, -0.15) is 0 Å². The maximum Gasteiger partial charge on any atom is 0.239 e. The van der Waals surface area contributed by atoms with Crippen LogP contribution in [0.1, 0.15) is 309 Å². The Morgan fingerprint density at radius 3 is 1.29 bits per heavy atom. The molecular formula is C107H169N9O12. The van der Waals surface area contributed by atoms with Gasteiger partial charge in [0.25, 0.3) is 0 Å². The van der Waals surface area contributed by atoms with E-state index in [2.05, 4.69) is 148 Å². The minimum Gasteiger partial charge on any atom is -0.393 e. The topological polar surface area (TPSA) is 273 Å². The minimum absolute atomic E-state index is 0.0397. The predicted octanol–water partition coefficient (Wildman–Crippen LogP) is 14.4. The molecule has 10 saturated carbocycles. The summed E-state index contributed by atoms with van der Waals surface area (Å²) in [5, 5.41) is 48.3. The molecule has 16 fully saturated rings. The van der Waals surface area contributed by atoms with E-state index in [0.29, 0.717) is 131 Å². The van der Waals surface area contributed by atoms with Crippen molar-refractivity contribution in [3.05, 3.63) is 46.1 Å². The lowest BCUT2D eigenvalue weighted by molar-refractivity contribution is -0.126. The molecule has 21 nitrogen and oxygen atoms in total. The van der Waals surface area contributed by atoms with Crippen LogP contribution in [0.3, 0.4) is 0 Å². The number of carbonyl (C=O) groups excluding carboxylic acids is 6. The molecule has 6 amide bonds. The lowest BCUT2D eigenvalue weighted by atomic mass is 9.56. The van der Waals surface area contributed by atoms with Crippen molar-refractivity contribution in [2.45, 2.75) is 381 Å². The van der Waals surface area contributed by atoms with Crippen LogP contribution < -0.4 is 31.9 Å². The SMILES string of the molecule is CCC(=O)NCC(=O)NCCN1C[C@@H](C)C[C@H]2O[C@]3(CC[C@@H]4C(=C(C)C3)C[C@H]3[C@H]4CCC4=C[C@@H](O)CC[C@@]43C)[C@H](C)[C@@H]21.CCC(=O)NCC(=O)NCCN1C[C@@H](C)C[C@H]2O[C@]3(CC[C@H]4[C@@H]5CC=C6C[C@@H](O)CC[C@]6(C)[C@H]5CC45CC5(C)C3)[C@H](C)[C@@H]21.CCC(=O)NCC(=O)NCCN1C[C@@H](C)C[C@H]2O[C@]3(CC[C@H]4[C@@H]5CCC6=C[C@@H](O)CC[C@]6(C)[C@H]5CC45CC5(C)C3)[C@H](C)[C@@H]21. The molecule has 14 aliphatic carbocycles. The summed E-state index contributed by atoms with van der Waals surface area (Å²) in [5.41, 5.74) is 10.4. The number of allylic oxidation sites excluding steroid dienone is 4.